The first-order valence-corrected chi connectivity index (χ1v) is 12.0. The molecule has 0 fully saturated rings. The van der Waals surface area contributed by atoms with E-state index in [9.17, 15) is 9.50 Å². The third-order valence-electron chi connectivity index (χ3n) is 5.31. The van der Waals surface area contributed by atoms with Crippen LogP contribution in [0.4, 0.5) is 10.2 Å². The summed E-state index contributed by atoms with van der Waals surface area (Å²) in [6.45, 7) is 2.79. The molecule has 0 aliphatic carbocycles. The van der Waals surface area contributed by atoms with Crippen molar-refractivity contribution in [1.82, 2.24) is 19.5 Å². The lowest BCUT2D eigenvalue weighted by Crippen LogP contribution is -2.09. The summed E-state index contributed by atoms with van der Waals surface area (Å²) in [5, 5.41) is 14.6. The second-order valence-corrected chi connectivity index (χ2v) is 9.40. The van der Waals surface area contributed by atoms with Gasteiger partial charge in [0, 0.05) is 52.1 Å². The maximum absolute atomic E-state index is 14.2. The Balaban J connectivity index is 1.38. The molecule has 31 heavy (non-hydrogen) atoms. The van der Waals surface area contributed by atoms with Gasteiger partial charge in [-0.1, -0.05) is 36.0 Å². The van der Waals surface area contributed by atoms with Gasteiger partial charge < -0.3 is 10.4 Å². The zero-order valence-corrected chi connectivity index (χ0v) is 19.6. The first-order valence-electron chi connectivity index (χ1n) is 9.90. The molecule has 6 nitrogen and oxygen atoms in total. The molecule has 0 spiro atoms. The SMILES string of the molecule is C[C@H]1CSc2nc3c(NCCc4ccc(O)c(-c5ccccc5F)c4)nc(I)nc3n21. The summed E-state index contributed by atoms with van der Waals surface area (Å²) >= 11 is 3.87. The van der Waals surface area contributed by atoms with Gasteiger partial charge in [0.25, 0.3) is 0 Å². The minimum Gasteiger partial charge on any atom is -0.507 e. The molecule has 9 heteroatoms. The molecule has 1 aliphatic heterocycles. The van der Waals surface area contributed by atoms with Gasteiger partial charge in [-0.2, -0.15) is 0 Å². The molecule has 5 rings (SSSR count). The van der Waals surface area contributed by atoms with Crippen molar-refractivity contribution in [3.63, 3.8) is 0 Å². The number of thioether (sulfide) groups is 1. The first kappa shape index (κ1) is 20.5. The number of fused-ring (bicyclic) bond motifs is 3. The normalized spacial score (nSPS) is 15.4. The molecule has 0 saturated carbocycles. The summed E-state index contributed by atoms with van der Waals surface area (Å²) < 4.78 is 17.0. The van der Waals surface area contributed by atoms with E-state index in [1.54, 1.807) is 36.0 Å². The molecule has 0 unspecified atom stereocenters. The summed E-state index contributed by atoms with van der Waals surface area (Å²) in [4.78, 5) is 13.9. The van der Waals surface area contributed by atoms with Crippen LogP contribution in [0.15, 0.2) is 47.6 Å². The molecular weight excluding hydrogens is 528 g/mol. The van der Waals surface area contributed by atoms with Gasteiger partial charge in [-0.25, -0.2) is 19.3 Å². The zero-order valence-electron chi connectivity index (χ0n) is 16.6. The van der Waals surface area contributed by atoms with Gasteiger partial charge in [0.2, 0.25) is 0 Å². The van der Waals surface area contributed by atoms with E-state index in [2.05, 4.69) is 49.4 Å². The van der Waals surface area contributed by atoms with Crippen LogP contribution in [0, 0.1) is 9.65 Å². The molecule has 1 atom stereocenters. The number of anilines is 1. The number of rotatable bonds is 5. The van der Waals surface area contributed by atoms with Crippen LogP contribution in [-0.4, -0.2) is 36.9 Å². The standard InChI is InChI=1S/C22H19FIN5OS/c1-12-11-31-22-26-18-19(27-21(24)28-20(18)29(12)22)25-9-8-13-6-7-17(30)15(10-13)14-4-2-3-5-16(14)23/h2-7,10,12,30H,8-9,11H2,1H3,(H,25,27,28)/t12-/m0/s1. The summed E-state index contributed by atoms with van der Waals surface area (Å²) in [6.07, 6.45) is 0.683. The fourth-order valence-electron chi connectivity index (χ4n) is 3.78. The van der Waals surface area contributed by atoms with E-state index in [1.807, 2.05) is 12.1 Å². The number of halogens is 2. The molecule has 158 valence electrons. The van der Waals surface area contributed by atoms with E-state index >= 15 is 0 Å². The smallest absolute Gasteiger partial charge is 0.194 e. The summed E-state index contributed by atoms with van der Waals surface area (Å²) in [5.41, 5.74) is 3.51. The average molecular weight is 547 g/mol. The van der Waals surface area contributed by atoms with E-state index < -0.39 is 0 Å². The van der Waals surface area contributed by atoms with Gasteiger partial charge in [-0.15, -0.1) is 0 Å². The Morgan fingerprint density at radius 3 is 2.87 bits per heavy atom. The topological polar surface area (TPSA) is 75.9 Å². The molecule has 0 amide bonds. The number of aromatic nitrogens is 4. The fourth-order valence-corrected chi connectivity index (χ4v) is 5.35. The lowest BCUT2D eigenvalue weighted by atomic mass is 10.00. The molecule has 1 aliphatic rings. The third-order valence-corrected chi connectivity index (χ3v) is 6.98. The monoisotopic (exact) mass is 547 g/mol. The Bertz CT molecular complexity index is 1290. The van der Waals surface area contributed by atoms with Gasteiger partial charge >= 0.3 is 0 Å². The van der Waals surface area contributed by atoms with Crippen molar-refractivity contribution in [3.05, 3.63) is 57.7 Å². The summed E-state index contributed by atoms with van der Waals surface area (Å²) in [5.74, 6) is 1.43. The Hall–Kier alpha value is -2.40. The molecular formula is C22H19FIN5OS. The molecule has 4 aromatic rings. The summed E-state index contributed by atoms with van der Waals surface area (Å²) in [7, 11) is 0. The van der Waals surface area contributed by atoms with Crippen molar-refractivity contribution in [2.24, 2.45) is 0 Å². The Kier molecular flexibility index (Phi) is 5.47. The van der Waals surface area contributed by atoms with Crippen molar-refractivity contribution in [3.8, 4) is 16.9 Å². The molecule has 0 radical (unpaired) electrons. The van der Waals surface area contributed by atoms with Crippen LogP contribution >= 0.6 is 34.4 Å². The van der Waals surface area contributed by atoms with Gasteiger partial charge in [-0.3, -0.25) is 4.57 Å². The first-order chi connectivity index (χ1) is 15.0. The van der Waals surface area contributed by atoms with Gasteiger partial charge in [0.05, 0.1) is 0 Å². The average Bonchev–Trinajstić information content (AvgIpc) is 3.30. The maximum atomic E-state index is 14.2. The second kappa shape index (κ2) is 8.27. The highest BCUT2D eigenvalue weighted by atomic mass is 127. The van der Waals surface area contributed by atoms with Gasteiger partial charge in [-0.05, 0) is 37.1 Å². The van der Waals surface area contributed by atoms with Gasteiger partial charge in [0.15, 0.2) is 26.0 Å². The predicted molar refractivity (Wildman–Crippen MR) is 129 cm³/mol. The van der Waals surface area contributed by atoms with E-state index in [1.165, 1.54) is 6.07 Å². The van der Waals surface area contributed by atoms with Crippen molar-refractivity contribution >= 4 is 51.3 Å². The van der Waals surface area contributed by atoms with Crippen LogP contribution in [0.25, 0.3) is 22.3 Å². The van der Waals surface area contributed by atoms with E-state index in [-0.39, 0.29) is 11.6 Å². The zero-order chi connectivity index (χ0) is 21.5. The van der Waals surface area contributed by atoms with E-state index in [4.69, 9.17) is 4.98 Å². The predicted octanol–water partition coefficient (Wildman–Crippen LogP) is 5.26. The Labute approximate surface area is 196 Å². The third kappa shape index (κ3) is 3.84. The lowest BCUT2D eigenvalue weighted by Gasteiger charge is -2.11. The molecule has 0 bridgehead atoms. The van der Waals surface area contributed by atoms with Crippen molar-refractivity contribution in [1.29, 1.82) is 0 Å². The molecule has 2 aromatic heterocycles. The molecule has 2 aromatic carbocycles. The number of nitrogens with zero attached hydrogens (tertiary/aromatic N) is 4. The van der Waals surface area contributed by atoms with Crippen molar-refractivity contribution in [2.75, 3.05) is 17.6 Å². The highest BCUT2D eigenvalue weighted by Crippen LogP contribution is 2.37. The van der Waals surface area contributed by atoms with Crippen LogP contribution in [0.5, 0.6) is 5.75 Å². The minimum absolute atomic E-state index is 0.0630. The number of benzene rings is 2. The quantitative estimate of drug-likeness (QED) is 0.262. The van der Waals surface area contributed by atoms with E-state index in [0.29, 0.717) is 34.0 Å². The number of hydrogen-bond acceptors (Lipinski definition) is 6. The van der Waals surface area contributed by atoms with Crippen molar-refractivity contribution < 1.29 is 9.50 Å². The molecule has 3 heterocycles. The highest BCUT2D eigenvalue weighted by Gasteiger charge is 2.26. The largest absolute Gasteiger partial charge is 0.507 e. The van der Waals surface area contributed by atoms with Crippen LogP contribution < -0.4 is 5.32 Å². The highest BCUT2D eigenvalue weighted by molar-refractivity contribution is 14.1. The number of imidazole rings is 1. The van der Waals surface area contributed by atoms with Crippen LogP contribution in [0.1, 0.15) is 18.5 Å². The Morgan fingerprint density at radius 2 is 2.03 bits per heavy atom. The van der Waals surface area contributed by atoms with Crippen LogP contribution in [0.2, 0.25) is 0 Å². The maximum Gasteiger partial charge on any atom is 0.194 e. The number of phenolic OH excluding ortho intramolecular Hbond substituents is 1. The van der Waals surface area contributed by atoms with Gasteiger partial charge in [0.1, 0.15) is 11.6 Å². The lowest BCUT2D eigenvalue weighted by molar-refractivity contribution is 0.476. The number of hydrogen-bond donors (Lipinski definition) is 2. The van der Waals surface area contributed by atoms with Crippen molar-refractivity contribution in [2.45, 2.75) is 24.5 Å². The molecule has 0 saturated heterocycles. The van der Waals surface area contributed by atoms with Crippen LogP contribution in [-0.2, 0) is 6.42 Å². The number of phenols is 1. The second-order valence-electron chi connectivity index (χ2n) is 7.45. The number of nitrogens with one attached hydrogen (secondary N) is 1. The number of aromatic hydroxyl groups is 1. The fraction of sp³-hybridized carbons (Fsp3) is 0.227. The summed E-state index contributed by atoms with van der Waals surface area (Å²) in [6, 6.07) is 12.1. The van der Waals surface area contributed by atoms with Crippen LogP contribution in [0.3, 0.4) is 0 Å². The molecule has 2 N–H and O–H groups in total. The van der Waals surface area contributed by atoms with E-state index in [0.717, 1.165) is 33.5 Å². The Morgan fingerprint density at radius 1 is 1.19 bits per heavy atom. The minimum atomic E-state index is -0.356.